The first-order valence-corrected chi connectivity index (χ1v) is 6.32. The van der Waals surface area contributed by atoms with Crippen molar-refractivity contribution >= 4 is 5.97 Å². The fraction of sp³-hybridized carbons (Fsp3) is 0.571. The van der Waals surface area contributed by atoms with Crippen molar-refractivity contribution in [2.24, 2.45) is 0 Å². The highest BCUT2D eigenvalue weighted by Crippen LogP contribution is 2.40. The number of hydrogen-bond donors (Lipinski definition) is 0. The van der Waals surface area contributed by atoms with Crippen molar-refractivity contribution in [1.82, 2.24) is 4.98 Å². The van der Waals surface area contributed by atoms with Gasteiger partial charge in [-0.2, -0.15) is 0 Å². The number of pyridine rings is 1. The number of carbonyl (C=O) groups excluding carboxylic acids is 1. The van der Waals surface area contributed by atoms with Gasteiger partial charge in [0.05, 0.1) is 19.6 Å². The molecule has 1 heterocycles. The Kier molecular flexibility index (Phi) is 3.84. The predicted molar refractivity (Wildman–Crippen MR) is 67.6 cm³/mol. The van der Waals surface area contributed by atoms with Crippen LogP contribution in [0.15, 0.2) is 18.3 Å². The smallest absolute Gasteiger partial charge is 0.316 e. The van der Waals surface area contributed by atoms with Gasteiger partial charge in [-0.25, -0.2) is 4.98 Å². The van der Waals surface area contributed by atoms with Gasteiger partial charge in [0.1, 0.15) is 0 Å². The molecule has 0 radical (unpaired) electrons. The zero-order chi connectivity index (χ0) is 13.0. The molecule has 1 aliphatic carbocycles. The Morgan fingerprint density at radius 1 is 1.22 bits per heavy atom. The second-order valence-electron chi connectivity index (χ2n) is 4.72. The second kappa shape index (κ2) is 5.38. The van der Waals surface area contributed by atoms with E-state index in [1.165, 1.54) is 13.5 Å². The van der Waals surface area contributed by atoms with E-state index in [1.807, 2.05) is 6.07 Å². The van der Waals surface area contributed by atoms with Crippen LogP contribution in [0.2, 0.25) is 0 Å². The first kappa shape index (κ1) is 12.9. The summed E-state index contributed by atoms with van der Waals surface area (Å²) < 4.78 is 10.1. The molecule has 0 aliphatic heterocycles. The number of methoxy groups -OCH3 is 2. The van der Waals surface area contributed by atoms with Crippen LogP contribution < -0.4 is 4.74 Å². The van der Waals surface area contributed by atoms with Crippen LogP contribution in [0.4, 0.5) is 0 Å². The third-order valence-corrected chi connectivity index (χ3v) is 3.78. The van der Waals surface area contributed by atoms with Crippen molar-refractivity contribution in [3.63, 3.8) is 0 Å². The zero-order valence-corrected chi connectivity index (χ0v) is 10.9. The highest BCUT2D eigenvalue weighted by atomic mass is 16.5. The van der Waals surface area contributed by atoms with Gasteiger partial charge in [-0.1, -0.05) is 25.3 Å². The molecule has 0 amide bonds. The highest BCUT2D eigenvalue weighted by Gasteiger charge is 2.42. The summed E-state index contributed by atoms with van der Waals surface area (Å²) in [6, 6.07) is 3.72. The van der Waals surface area contributed by atoms with Gasteiger partial charge in [0.25, 0.3) is 0 Å². The van der Waals surface area contributed by atoms with Crippen LogP contribution in [0.5, 0.6) is 5.88 Å². The van der Waals surface area contributed by atoms with Crippen LogP contribution in [0, 0.1) is 0 Å². The van der Waals surface area contributed by atoms with Gasteiger partial charge in [-0.15, -0.1) is 0 Å². The molecular formula is C14H19NO3. The molecule has 18 heavy (non-hydrogen) atoms. The van der Waals surface area contributed by atoms with Crippen LogP contribution >= 0.6 is 0 Å². The average molecular weight is 249 g/mol. The molecule has 0 saturated heterocycles. The monoisotopic (exact) mass is 249 g/mol. The number of aromatic nitrogens is 1. The molecule has 2 rings (SSSR count). The van der Waals surface area contributed by atoms with Crippen molar-refractivity contribution in [2.45, 2.75) is 37.5 Å². The van der Waals surface area contributed by atoms with Gasteiger partial charge in [0.15, 0.2) is 0 Å². The SMILES string of the molecule is COC(=O)C1(c2ccc(OC)nc2)CCCCC1. The molecule has 0 unspecified atom stereocenters. The number of carbonyl (C=O) groups is 1. The van der Waals surface area contributed by atoms with E-state index < -0.39 is 5.41 Å². The van der Waals surface area contributed by atoms with E-state index in [2.05, 4.69) is 4.98 Å². The lowest BCUT2D eigenvalue weighted by atomic mass is 9.70. The third kappa shape index (κ3) is 2.19. The van der Waals surface area contributed by atoms with E-state index in [4.69, 9.17) is 9.47 Å². The van der Waals surface area contributed by atoms with Crippen LogP contribution in [0.3, 0.4) is 0 Å². The number of ether oxygens (including phenoxy) is 2. The minimum absolute atomic E-state index is 0.144. The summed E-state index contributed by atoms with van der Waals surface area (Å²) in [4.78, 5) is 16.4. The minimum Gasteiger partial charge on any atom is -0.481 e. The normalized spacial score (nSPS) is 18.1. The molecule has 0 bridgehead atoms. The topological polar surface area (TPSA) is 48.4 Å². The van der Waals surface area contributed by atoms with Crippen molar-refractivity contribution < 1.29 is 14.3 Å². The summed E-state index contributed by atoms with van der Waals surface area (Å²) in [7, 11) is 3.04. The molecule has 1 saturated carbocycles. The van der Waals surface area contributed by atoms with Gasteiger partial charge in [0, 0.05) is 12.3 Å². The molecule has 1 fully saturated rings. The number of esters is 1. The predicted octanol–water partition coefficient (Wildman–Crippen LogP) is 2.47. The quantitative estimate of drug-likeness (QED) is 0.772. The largest absolute Gasteiger partial charge is 0.481 e. The molecule has 4 nitrogen and oxygen atoms in total. The standard InChI is InChI=1S/C14H19NO3/c1-17-12-7-6-11(10-15-12)14(13(16)18-2)8-4-3-5-9-14/h6-7,10H,3-5,8-9H2,1-2H3. The molecule has 98 valence electrons. The molecule has 0 N–H and O–H groups in total. The maximum Gasteiger partial charge on any atom is 0.316 e. The first-order valence-electron chi connectivity index (χ1n) is 6.32. The Labute approximate surface area is 107 Å². The molecular weight excluding hydrogens is 230 g/mol. The molecule has 1 aromatic heterocycles. The summed E-state index contributed by atoms with van der Waals surface area (Å²) in [5.41, 5.74) is 0.432. The number of nitrogens with zero attached hydrogens (tertiary/aromatic N) is 1. The molecule has 0 aromatic carbocycles. The molecule has 1 aromatic rings. The van der Waals surface area contributed by atoms with E-state index in [-0.39, 0.29) is 5.97 Å². The summed E-state index contributed by atoms with van der Waals surface area (Å²) in [5, 5.41) is 0. The lowest BCUT2D eigenvalue weighted by molar-refractivity contribution is -0.149. The molecule has 0 atom stereocenters. The van der Waals surface area contributed by atoms with E-state index in [1.54, 1.807) is 19.4 Å². The number of rotatable bonds is 3. The number of hydrogen-bond acceptors (Lipinski definition) is 4. The van der Waals surface area contributed by atoms with Gasteiger partial charge in [0.2, 0.25) is 5.88 Å². The third-order valence-electron chi connectivity index (χ3n) is 3.78. The Morgan fingerprint density at radius 3 is 2.44 bits per heavy atom. The summed E-state index contributed by atoms with van der Waals surface area (Å²) in [6.07, 6.45) is 6.72. The lowest BCUT2D eigenvalue weighted by Crippen LogP contribution is -2.39. The average Bonchev–Trinajstić information content (AvgIpc) is 2.47. The van der Waals surface area contributed by atoms with E-state index in [0.717, 1.165) is 31.2 Å². The van der Waals surface area contributed by atoms with Crippen LogP contribution in [-0.2, 0) is 14.9 Å². The Hall–Kier alpha value is -1.58. The maximum atomic E-state index is 12.2. The van der Waals surface area contributed by atoms with Crippen molar-refractivity contribution in [3.8, 4) is 5.88 Å². The first-order chi connectivity index (χ1) is 8.73. The van der Waals surface area contributed by atoms with Gasteiger partial charge >= 0.3 is 5.97 Å². The Bertz CT molecular complexity index is 408. The van der Waals surface area contributed by atoms with E-state index >= 15 is 0 Å². The van der Waals surface area contributed by atoms with Crippen molar-refractivity contribution in [2.75, 3.05) is 14.2 Å². The fourth-order valence-corrected chi connectivity index (χ4v) is 2.75. The summed E-state index contributed by atoms with van der Waals surface area (Å²) >= 11 is 0. The summed E-state index contributed by atoms with van der Waals surface area (Å²) in [5.74, 6) is 0.420. The zero-order valence-electron chi connectivity index (χ0n) is 10.9. The molecule has 4 heteroatoms. The lowest BCUT2D eigenvalue weighted by Gasteiger charge is -2.34. The van der Waals surface area contributed by atoms with Crippen LogP contribution in [0.1, 0.15) is 37.7 Å². The van der Waals surface area contributed by atoms with Crippen molar-refractivity contribution in [3.05, 3.63) is 23.9 Å². The van der Waals surface area contributed by atoms with Gasteiger partial charge in [-0.05, 0) is 18.4 Å². The molecule has 1 aliphatic rings. The molecule has 0 spiro atoms. The minimum atomic E-state index is -0.508. The van der Waals surface area contributed by atoms with E-state index in [9.17, 15) is 4.79 Å². The summed E-state index contributed by atoms with van der Waals surface area (Å²) in [6.45, 7) is 0. The second-order valence-corrected chi connectivity index (χ2v) is 4.72. The Morgan fingerprint density at radius 2 is 1.94 bits per heavy atom. The highest BCUT2D eigenvalue weighted by molar-refractivity contribution is 5.83. The fourth-order valence-electron chi connectivity index (χ4n) is 2.75. The van der Waals surface area contributed by atoms with Crippen LogP contribution in [-0.4, -0.2) is 25.2 Å². The van der Waals surface area contributed by atoms with E-state index in [0.29, 0.717) is 5.88 Å². The van der Waals surface area contributed by atoms with Crippen LogP contribution in [0.25, 0.3) is 0 Å². The van der Waals surface area contributed by atoms with Gasteiger partial charge < -0.3 is 9.47 Å². The van der Waals surface area contributed by atoms with Crippen molar-refractivity contribution in [1.29, 1.82) is 0 Å². The van der Waals surface area contributed by atoms with Gasteiger partial charge in [-0.3, -0.25) is 4.79 Å². The maximum absolute atomic E-state index is 12.2. The Balaban J connectivity index is 2.35.